The van der Waals surface area contributed by atoms with Crippen LogP contribution in [0.15, 0.2) is 24.3 Å². The Morgan fingerprint density at radius 2 is 2.12 bits per heavy atom. The van der Waals surface area contributed by atoms with E-state index in [4.69, 9.17) is 19.7 Å². The number of carboxylic acids is 1. The highest BCUT2D eigenvalue weighted by Crippen LogP contribution is 2.19. The van der Waals surface area contributed by atoms with E-state index in [0.29, 0.717) is 11.5 Å². The molecule has 0 saturated heterocycles. The van der Waals surface area contributed by atoms with E-state index >= 15 is 0 Å². The molecule has 0 heterocycles. The molecule has 0 bridgehead atoms. The van der Waals surface area contributed by atoms with E-state index in [9.17, 15) is 4.79 Å². The molecule has 0 aliphatic carbocycles. The van der Waals surface area contributed by atoms with Crippen molar-refractivity contribution < 1.29 is 24.5 Å². The quantitative estimate of drug-likeness (QED) is 0.747. The van der Waals surface area contributed by atoms with Crippen molar-refractivity contribution in [2.24, 2.45) is 5.92 Å². The van der Waals surface area contributed by atoms with Gasteiger partial charge in [0.2, 0.25) is 0 Å². The predicted molar refractivity (Wildman–Crippen MR) is 61.3 cm³/mol. The third-order valence-electron chi connectivity index (χ3n) is 2.35. The van der Waals surface area contributed by atoms with Crippen LogP contribution in [-0.2, 0) is 4.79 Å². The van der Waals surface area contributed by atoms with Gasteiger partial charge in [0.15, 0.2) is 0 Å². The third-order valence-corrected chi connectivity index (χ3v) is 2.35. The number of aliphatic hydroxyl groups excluding tert-OH is 1. The lowest BCUT2D eigenvalue weighted by molar-refractivity contribution is -0.143. The van der Waals surface area contributed by atoms with Crippen LogP contribution in [0.3, 0.4) is 0 Å². The van der Waals surface area contributed by atoms with Crippen molar-refractivity contribution in [1.82, 2.24) is 0 Å². The molecular formula is C12H16O5. The lowest BCUT2D eigenvalue weighted by Gasteiger charge is -2.10. The zero-order valence-corrected chi connectivity index (χ0v) is 9.63. The molecular weight excluding hydrogens is 224 g/mol. The lowest BCUT2D eigenvalue weighted by Crippen LogP contribution is -2.20. The molecule has 0 aliphatic rings. The maximum atomic E-state index is 10.6. The van der Waals surface area contributed by atoms with Gasteiger partial charge in [-0.3, -0.25) is 4.79 Å². The maximum Gasteiger partial charge on any atom is 0.308 e. The average molecular weight is 240 g/mol. The molecule has 1 rings (SSSR count). The van der Waals surface area contributed by atoms with Crippen LogP contribution >= 0.6 is 0 Å². The Hall–Kier alpha value is -1.75. The predicted octanol–water partition coefficient (Wildman–Crippen LogP) is 1.16. The zero-order chi connectivity index (χ0) is 12.7. The Morgan fingerprint density at radius 3 is 2.71 bits per heavy atom. The van der Waals surface area contributed by atoms with E-state index in [1.165, 1.54) is 0 Å². The minimum Gasteiger partial charge on any atom is -0.497 e. The first-order chi connectivity index (χ1) is 8.17. The highest BCUT2D eigenvalue weighted by molar-refractivity contribution is 5.70. The summed E-state index contributed by atoms with van der Waals surface area (Å²) >= 11 is 0. The van der Waals surface area contributed by atoms with Gasteiger partial charge in [-0.05, 0) is 18.6 Å². The summed E-state index contributed by atoms with van der Waals surface area (Å²) in [5.41, 5.74) is 0. The highest BCUT2D eigenvalue weighted by Gasteiger charge is 2.15. The van der Waals surface area contributed by atoms with Gasteiger partial charge in [-0.2, -0.15) is 0 Å². The topological polar surface area (TPSA) is 76.0 Å². The van der Waals surface area contributed by atoms with Crippen LogP contribution in [0.1, 0.15) is 6.42 Å². The fourth-order valence-electron chi connectivity index (χ4n) is 1.30. The van der Waals surface area contributed by atoms with Gasteiger partial charge in [0, 0.05) is 6.07 Å². The van der Waals surface area contributed by atoms with Crippen LogP contribution in [0.25, 0.3) is 0 Å². The lowest BCUT2D eigenvalue weighted by atomic mass is 10.1. The standard InChI is InChI=1S/C12H16O5/c1-16-10-3-2-4-11(7-10)17-6-5-9(8-13)12(14)15/h2-4,7,9,13H,5-6,8H2,1H3,(H,14,15). The molecule has 0 aromatic heterocycles. The molecule has 1 atom stereocenters. The van der Waals surface area contributed by atoms with Crippen molar-refractivity contribution in [3.05, 3.63) is 24.3 Å². The number of rotatable bonds is 7. The minimum atomic E-state index is -1.01. The Kier molecular flexibility index (Phi) is 5.29. The van der Waals surface area contributed by atoms with Crippen LogP contribution in [0.5, 0.6) is 11.5 Å². The summed E-state index contributed by atoms with van der Waals surface area (Å²) < 4.78 is 10.4. The second kappa shape index (κ2) is 6.75. The molecule has 0 spiro atoms. The molecule has 0 radical (unpaired) electrons. The van der Waals surface area contributed by atoms with Crippen LogP contribution < -0.4 is 9.47 Å². The van der Waals surface area contributed by atoms with E-state index in [1.54, 1.807) is 31.4 Å². The summed E-state index contributed by atoms with van der Waals surface area (Å²) in [5.74, 6) is -0.492. The molecule has 0 saturated carbocycles. The number of benzene rings is 1. The zero-order valence-electron chi connectivity index (χ0n) is 9.63. The van der Waals surface area contributed by atoms with E-state index in [-0.39, 0.29) is 19.6 Å². The summed E-state index contributed by atoms with van der Waals surface area (Å²) in [7, 11) is 1.56. The number of aliphatic carboxylic acids is 1. The molecule has 5 nitrogen and oxygen atoms in total. The Bertz CT molecular complexity index is 364. The van der Waals surface area contributed by atoms with Crippen molar-refractivity contribution in [3.63, 3.8) is 0 Å². The first-order valence-electron chi connectivity index (χ1n) is 5.28. The molecule has 1 unspecified atom stereocenters. The molecule has 0 aliphatic heterocycles. The van der Waals surface area contributed by atoms with Crippen LogP contribution in [0.2, 0.25) is 0 Å². The number of hydrogen-bond donors (Lipinski definition) is 2. The first-order valence-corrected chi connectivity index (χ1v) is 5.28. The van der Waals surface area contributed by atoms with Gasteiger partial charge in [-0.15, -0.1) is 0 Å². The van der Waals surface area contributed by atoms with Crippen LogP contribution in [0, 0.1) is 5.92 Å². The number of ether oxygens (including phenoxy) is 2. The Labute approximate surface area is 99.6 Å². The highest BCUT2D eigenvalue weighted by atomic mass is 16.5. The number of aliphatic hydroxyl groups is 1. The Balaban J connectivity index is 2.42. The summed E-state index contributed by atoms with van der Waals surface area (Å²) in [5, 5.41) is 17.5. The molecule has 1 aromatic carbocycles. The summed E-state index contributed by atoms with van der Waals surface area (Å²) in [6.45, 7) is -0.137. The fraction of sp³-hybridized carbons (Fsp3) is 0.417. The number of methoxy groups -OCH3 is 1. The van der Waals surface area contributed by atoms with E-state index < -0.39 is 11.9 Å². The molecule has 2 N–H and O–H groups in total. The monoisotopic (exact) mass is 240 g/mol. The molecule has 94 valence electrons. The van der Waals surface area contributed by atoms with E-state index in [0.717, 1.165) is 0 Å². The molecule has 1 aromatic rings. The van der Waals surface area contributed by atoms with Crippen molar-refractivity contribution in [2.45, 2.75) is 6.42 Å². The average Bonchev–Trinajstić information content (AvgIpc) is 2.34. The number of carbonyl (C=O) groups is 1. The fourth-order valence-corrected chi connectivity index (χ4v) is 1.30. The summed E-state index contributed by atoms with van der Waals surface area (Å²) in [6.07, 6.45) is 0.267. The summed E-state index contributed by atoms with van der Waals surface area (Å²) in [4.78, 5) is 10.6. The van der Waals surface area contributed by atoms with Gasteiger partial charge >= 0.3 is 5.97 Å². The van der Waals surface area contributed by atoms with Gasteiger partial charge in [-0.1, -0.05) is 6.07 Å². The van der Waals surface area contributed by atoms with E-state index in [1.807, 2.05) is 0 Å². The van der Waals surface area contributed by atoms with Gasteiger partial charge in [-0.25, -0.2) is 0 Å². The van der Waals surface area contributed by atoms with Crippen molar-refractivity contribution in [1.29, 1.82) is 0 Å². The normalized spacial score (nSPS) is 11.9. The van der Waals surface area contributed by atoms with Crippen LogP contribution in [0.4, 0.5) is 0 Å². The van der Waals surface area contributed by atoms with Gasteiger partial charge in [0.05, 0.1) is 26.2 Å². The molecule has 0 amide bonds. The number of carboxylic acid groups (broad SMARTS) is 1. The van der Waals surface area contributed by atoms with Crippen molar-refractivity contribution >= 4 is 5.97 Å². The Morgan fingerprint density at radius 1 is 1.41 bits per heavy atom. The smallest absolute Gasteiger partial charge is 0.308 e. The van der Waals surface area contributed by atoms with Gasteiger partial charge in [0.25, 0.3) is 0 Å². The minimum absolute atomic E-state index is 0.241. The van der Waals surface area contributed by atoms with E-state index in [2.05, 4.69) is 0 Å². The van der Waals surface area contributed by atoms with Gasteiger partial charge < -0.3 is 19.7 Å². The largest absolute Gasteiger partial charge is 0.497 e. The van der Waals surface area contributed by atoms with Crippen molar-refractivity contribution in [3.8, 4) is 11.5 Å². The second-order valence-corrected chi connectivity index (χ2v) is 3.53. The SMILES string of the molecule is COc1cccc(OCCC(CO)C(=O)O)c1. The second-order valence-electron chi connectivity index (χ2n) is 3.53. The van der Waals surface area contributed by atoms with Gasteiger partial charge in [0.1, 0.15) is 11.5 Å². The summed E-state index contributed by atoms with van der Waals surface area (Å²) in [6, 6.07) is 7.06. The third kappa shape index (κ3) is 4.32. The molecule has 17 heavy (non-hydrogen) atoms. The molecule has 0 fully saturated rings. The molecule has 5 heteroatoms. The first kappa shape index (κ1) is 13.3. The number of hydrogen-bond acceptors (Lipinski definition) is 4. The van der Waals surface area contributed by atoms with Crippen LogP contribution in [-0.4, -0.2) is 36.5 Å². The maximum absolute atomic E-state index is 10.6. The van der Waals surface area contributed by atoms with Crippen molar-refractivity contribution in [2.75, 3.05) is 20.3 Å².